The highest BCUT2D eigenvalue weighted by Crippen LogP contribution is 2.17. The van der Waals surface area contributed by atoms with Gasteiger partial charge in [-0.15, -0.1) is 0 Å². The first-order valence-corrected chi connectivity index (χ1v) is 6.53. The van der Waals surface area contributed by atoms with Crippen molar-refractivity contribution in [3.63, 3.8) is 0 Å². The highest BCUT2D eigenvalue weighted by molar-refractivity contribution is 5.98. The molecule has 0 aromatic heterocycles. The van der Waals surface area contributed by atoms with Crippen molar-refractivity contribution in [1.82, 2.24) is 0 Å². The SMILES string of the molecule is C[C@@H](OC(=O)c1ccccc1O)C(=O)Nc1ccc(F)cc1. The minimum atomic E-state index is -1.07. The number of benzene rings is 2. The fourth-order valence-corrected chi connectivity index (χ4v) is 1.70. The third kappa shape index (κ3) is 3.82. The summed E-state index contributed by atoms with van der Waals surface area (Å²) in [6, 6.07) is 11.1. The number of amides is 1. The molecule has 0 saturated heterocycles. The molecule has 0 aliphatic carbocycles. The zero-order valence-corrected chi connectivity index (χ0v) is 11.7. The van der Waals surface area contributed by atoms with Crippen LogP contribution >= 0.6 is 0 Å². The number of hydrogen-bond acceptors (Lipinski definition) is 4. The van der Waals surface area contributed by atoms with Crippen molar-refractivity contribution in [2.45, 2.75) is 13.0 Å². The van der Waals surface area contributed by atoms with Crippen molar-refractivity contribution < 1.29 is 23.8 Å². The number of aromatic hydroxyl groups is 1. The van der Waals surface area contributed by atoms with Crippen LogP contribution in [0.1, 0.15) is 17.3 Å². The standard InChI is InChI=1S/C16H14FNO4/c1-10(15(20)18-12-8-6-11(17)7-9-12)22-16(21)13-4-2-3-5-14(13)19/h2-10,19H,1H3,(H,18,20)/t10-/m1/s1. The Morgan fingerprint density at radius 1 is 1.14 bits per heavy atom. The zero-order chi connectivity index (χ0) is 16.1. The minimum absolute atomic E-state index is 0.0241. The van der Waals surface area contributed by atoms with Gasteiger partial charge in [0.1, 0.15) is 17.1 Å². The lowest BCUT2D eigenvalue weighted by molar-refractivity contribution is -0.123. The maximum atomic E-state index is 12.8. The average Bonchev–Trinajstić information content (AvgIpc) is 2.49. The van der Waals surface area contributed by atoms with Gasteiger partial charge in [-0.1, -0.05) is 12.1 Å². The summed E-state index contributed by atoms with van der Waals surface area (Å²) in [4.78, 5) is 23.8. The topological polar surface area (TPSA) is 75.6 Å². The van der Waals surface area contributed by atoms with Crippen LogP contribution in [0.3, 0.4) is 0 Å². The molecular formula is C16H14FNO4. The van der Waals surface area contributed by atoms with Gasteiger partial charge < -0.3 is 15.2 Å². The zero-order valence-electron chi connectivity index (χ0n) is 11.7. The lowest BCUT2D eigenvalue weighted by Gasteiger charge is -2.14. The maximum absolute atomic E-state index is 12.8. The predicted octanol–water partition coefficient (Wildman–Crippen LogP) is 2.72. The summed E-state index contributed by atoms with van der Waals surface area (Å²) >= 11 is 0. The Balaban J connectivity index is 1.98. The number of hydrogen-bond donors (Lipinski definition) is 2. The lowest BCUT2D eigenvalue weighted by Crippen LogP contribution is -2.30. The van der Waals surface area contributed by atoms with Crippen molar-refractivity contribution in [2.24, 2.45) is 0 Å². The summed E-state index contributed by atoms with van der Waals surface area (Å²) in [5.41, 5.74) is 0.362. The van der Waals surface area contributed by atoms with Crippen LogP contribution in [0, 0.1) is 5.82 Å². The van der Waals surface area contributed by atoms with E-state index in [-0.39, 0.29) is 11.3 Å². The number of halogens is 1. The molecular weight excluding hydrogens is 289 g/mol. The third-order valence-electron chi connectivity index (χ3n) is 2.89. The van der Waals surface area contributed by atoms with Gasteiger partial charge in [0.2, 0.25) is 0 Å². The van der Waals surface area contributed by atoms with Gasteiger partial charge in [0, 0.05) is 5.69 Å². The molecule has 6 heteroatoms. The predicted molar refractivity (Wildman–Crippen MR) is 78.0 cm³/mol. The molecule has 0 aliphatic rings. The van der Waals surface area contributed by atoms with E-state index in [9.17, 15) is 19.1 Å². The number of nitrogens with one attached hydrogen (secondary N) is 1. The van der Waals surface area contributed by atoms with Crippen molar-refractivity contribution >= 4 is 17.6 Å². The number of carbonyl (C=O) groups excluding carboxylic acids is 2. The first kappa shape index (κ1) is 15.5. The Hall–Kier alpha value is -2.89. The molecule has 2 N–H and O–H groups in total. The van der Waals surface area contributed by atoms with Gasteiger partial charge in [-0.2, -0.15) is 0 Å². The number of esters is 1. The Labute approximate surface area is 126 Å². The first-order valence-electron chi connectivity index (χ1n) is 6.53. The van der Waals surface area contributed by atoms with Gasteiger partial charge in [0.05, 0.1) is 0 Å². The number of rotatable bonds is 4. The lowest BCUT2D eigenvalue weighted by atomic mass is 10.2. The van der Waals surface area contributed by atoms with Crippen LogP contribution in [-0.2, 0) is 9.53 Å². The Kier molecular flexibility index (Phi) is 4.73. The molecule has 22 heavy (non-hydrogen) atoms. The largest absolute Gasteiger partial charge is 0.507 e. The second-order valence-corrected chi connectivity index (χ2v) is 4.56. The number of phenolic OH excluding ortho intramolecular Hbond substituents is 1. The van der Waals surface area contributed by atoms with E-state index in [1.54, 1.807) is 12.1 Å². The van der Waals surface area contributed by atoms with Crippen LogP contribution in [0.2, 0.25) is 0 Å². The van der Waals surface area contributed by atoms with Crippen molar-refractivity contribution in [3.8, 4) is 5.75 Å². The van der Waals surface area contributed by atoms with Gasteiger partial charge in [0.15, 0.2) is 6.10 Å². The summed E-state index contributed by atoms with van der Waals surface area (Å²) < 4.78 is 17.8. The monoisotopic (exact) mass is 303 g/mol. The number of phenols is 1. The first-order chi connectivity index (χ1) is 10.5. The molecule has 1 amide bonds. The van der Waals surface area contributed by atoms with Crippen molar-refractivity contribution in [1.29, 1.82) is 0 Å². The molecule has 2 aromatic carbocycles. The van der Waals surface area contributed by atoms with Gasteiger partial charge in [-0.3, -0.25) is 4.79 Å². The summed E-state index contributed by atoms with van der Waals surface area (Å²) in [5.74, 6) is -2.01. The molecule has 0 unspecified atom stereocenters. The second-order valence-electron chi connectivity index (χ2n) is 4.56. The second kappa shape index (κ2) is 6.71. The average molecular weight is 303 g/mol. The van der Waals surface area contributed by atoms with Gasteiger partial charge in [-0.05, 0) is 43.3 Å². The van der Waals surface area contributed by atoms with Gasteiger partial charge in [0.25, 0.3) is 5.91 Å². The van der Waals surface area contributed by atoms with Crippen molar-refractivity contribution in [2.75, 3.05) is 5.32 Å². The smallest absolute Gasteiger partial charge is 0.342 e. The molecule has 0 aliphatic heterocycles. The molecule has 114 valence electrons. The van der Waals surface area contributed by atoms with Crippen LogP contribution < -0.4 is 5.32 Å². The van der Waals surface area contributed by atoms with Gasteiger partial charge in [-0.25, -0.2) is 9.18 Å². The molecule has 0 spiro atoms. The van der Waals surface area contributed by atoms with E-state index in [4.69, 9.17) is 4.74 Å². The van der Waals surface area contributed by atoms with Crippen LogP contribution in [0.15, 0.2) is 48.5 Å². The molecule has 1 atom stereocenters. The summed E-state index contributed by atoms with van der Waals surface area (Å²) in [5, 5.41) is 12.1. The normalized spacial score (nSPS) is 11.5. The number of ether oxygens (including phenoxy) is 1. The van der Waals surface area contributed by atoms with E-state index in [2.05, 4.69) is 5.32 Å². The number of anilines is 1. The summed E-state index contributed by atoms with van der Waals surface area (Å²) in [7, 11) is 0. The fourth-order valence-electron chi connectivity index (χ4n) is 1.70. The molecule has 0 fully saturated rings. The number of carbonyl (C=O) groups is 2. The molecule has 0 bridgehead atoms. The Bertz CT molecular complexity index is 685. The van der Waals surface area contributed by atoms with Gasteiger partial charge >= 0.3 is 5.97 Å². The highest BCUT2D eigenvalue weighted by atomic mass is 19.1. The summed E-state index contributed by atoms with van der Waals surface area (Å²) in [6.45, 7) is 1.40. The number of para-hydroxylation sites is 1. The molecule has 0 heterocycles. The third-order valence-corrected chi connectivity index (χ3v) is 2.89. The van der Waals surface area contributed by atoms with E-state index < -0.39 is 23.8 Å². The van der Waals surface area contributed by atoms with E-state index >= 15 is 0 Å². The van der Waals surface area contributed by atoms with Crippen LogP contribution in [0.5, 0.6) is 5.75 Å². The molecule has 5 nitrogen and oxygen atoms in total. The van der Waals surface area contributed by atoms with E-state index in [1.807, 2.05) is 0 Å². The summed E-state index contributed by atoms with van der Waals surface area (Å²) in [6.07, 6.45) is -1.07. The quantitative estimate of drug-likeness (QED) is 0.852. The van der Waals surface area contributed by atoms with E-state index in [1.165, 1.54) is 43.3 Å². The fraction of sp³-hybridized carbons (Fsp3) is 0.125. The van der Waals surface area contributed by atoms with E-state index in [0.717, 1.165) is 0 Å². The molecule has 2 rings (SSSR count). The Morgan fingerprint density at radius 2 is 1.77 bits per heavy atom. The van der Waals surface area contributed by atoms with E-state index in [0.29, 0.717) is 5.69 Å². The van der Waals surface area contributed by atoms with Crippen LogP contribution in [0.4, 0.5) is 10.1 Å². The minimum Gasteiger partial charge on any atom is -0.507 e. The highest BCUT2D eigenvalue weighted by Gasteiger charge is 2.20. The molecule has 0 radical (unpaired) electrons. The van der Waals surface area contributed by atoms with Crippen LogP contribution in [0.25, 0.3) is 0 Å². The molecule has 2 aromatic rings. The maximum Gasteiger partial charge on any atom is 0.342 e. The van der Waals surface area contributed by atoms with Crippen LogP contribution in [-0.4, -0.2) is 23.1 Å². The van der Waals surface area contributed by atoms with Crippen molar-refractivity contribution in [3.05, 3.63) is 59.9 Å². The molecule has 0 saturated carbocycles. The Morgan fingerprint density at radius 3 is 2.41 bits per heavy atom.